The molecule has 0 saturated carbocycles. The van der Waals surface area contributed by atoms with Gasteiger partial charge in [0.05, 0.1) is 11.4 Å². The van der Waals surface area contributed by atoms with Crippen molar-refractivity contribution in [2.24, 2.45) is 4.99 Å². The third-order valence-electron chi connectivity index (χ3n) is 4.71. The highest BCUT2D eigenvalue weighted by atomic mass is 35.5. The number of amidine groups is 1. The Labute approximate surface area is 182 Å². The van der Waals surface area contributed by atoms with Crippen LogP contribution in [0.2, 0.25) is 5.02 Å². The third kappa shape index (κ3) is 3.64. The van der Waals surface area contributed by atoms with Crippen molar-refractivity contribution in [3.8, 4) is 0 Å². The summed E-state index contributed by atoms with van der Waals surface area (Å²) in [5.74, 6) is 1.12. The van der Waals surface area contributed by atoms with Crippen LogP contribution in [-0.4, -0.2) is 22.5 Å². The summed E-state index contributed by atoms with van der Waals surface area (Å²) in [5, 5.41) is 2.22. The minimum Gasteiger partial charge on any atom is -0.277 e. The van der Waals surface area contributed by atoms with E-state index in [4.69, 9.17) is 16.6 Å². The molecule has 3 aromatic carbocycles. The second-order valence-electron chi connectivity index (χ2n) is 6.62. The first-order valence-corrected chi connectivity index (χ1v) is 11.3. The van der Waals surface area contributed by atoms with Crippen molar-refractivity contribution < 1.29 is 4.79 Å². The number of thioether (sulfide) groups is 1. The predicted molar refractivity (Wildman–Crippen MR) is 120 cm³/mol. The number of aliphatic imine (C=N–C) groups is 1. The van der Waals surface area contributed by atoms with Crippen LogP contribution in [0.15, 0.2) is 87.6 Å². The van der Waals surface area contributed by atoms with Crippen LogP contribution in [0, 0.1) is 0 Å². The number of fused-ring (bicyclic) bond motifs is 2. The molecule has 3 aromatic rings. The molecule has 1 fully saturated rings. The fourth-order valence-corrected chi connectivity index (χ4v) is 5.56. The zero-order chi connectivity index (χ0) is 19.8. The van der Waals surface area contributed by atoms with Crippen LogP contribution < -0.4 is 5.43 Å². The Bertz CT molecular complexity index is 1120. The highest BCUT2D eigenvalue weighted by molar-refractivity contribution is 8.00. The number of para-hydroxylation sites is 1. The number of nitrogens with zero attached hydrogens (tertiary/aromatic N) is 2. The molecule has 2 aliphatic heterocycles. The molecular formula is C22H16ClN3OS2. The maximum absolute atomic E-state index is 12.7. The minimum atomic E-state index is -0.138. The minimum absolute atomic E-state index is 0.0281. The Morgan fingerprint density at radius 1 is 0.966 bits per heavy atom. The van der Waals surface area contributed by atoms with E-state index in [1.54, 1.807) is 28.5 Å². The normalized spacial score (nSPS) is 18.0. The summed E-state index contributed by atoms with van der Waals surface area (Å²) in [4.78, 5) is 19.8. The highest BCUT2D eigenvalue weighted by Gasteiger charge is 2.34. The molecule has 0 spiro atoms. The van der Waals surface area contributed by atoms with E-state index in [1.807, 2.05) is 60.7 Å². The Hall–Kier alpha value is -2.41. The second kappa shape index (κ2) is 7.78. The molecule has 29 heavy (non-hydrogen) atoms. The van der Waals surface area contributed by atoms with Gasteiger partial charge in [-0.2, -0.15) is 0 Å². The summed E-state index contributed by atoms with van der Waals surface area (Å²) in [6.45, 7) is 0. The van der Waals surface area contributed by atoms with E-state index in [1.165, 1.54) is 0 Å². The van der Waals surface area contributed by atoms with Gasteiger partial charge in [0, 0.05) is 20.4 Å². The van der Waals surface area contributed by atoms with Crippen molar-refractivity contribution in [1.82, 2.24) is 10.4 Å². The Morgan fingerprint density at radius 2 is 1.69 bits per heavy atom. The average Bonchev–Trinajstić information content (AvgIpc) is 3.01. The number of nitrogens with one attached hydrogen (secondary N) is 1. The number of halogens is 1. The van der Waals surface area contributed by atoms with E-state index in [2.05, 4.69) is 17.6 Å². The van der Waals surface area contributed by atoms with Crippen molar-refractivity contribution in [2.75, 3.05) is 5.75 Å². The van der Waals surface area contributed by atoms with Gasteiger partial charge >= 0.3 is 0 Å². The molecule has 7 heteroatoms. The monoisotopic (exact) mass is 437 g/mol. The molecule has 0 bridgehead atoms. The quantitative estimate of drug-likeness (QED) is 0.561. The van der Waals surface area contributed by atoms with E-state index in [0.717, 1.165) is 26.6 Å². The first kappa shape index (κ1) is 18.6. The van der Waals surface area contributed by atoms with E-state index in [0.29, 0.717) is 16.6 Å². The number of carbonyl (C=O) groups excluding carboxylic acids is 1. The van der Waals surface area contributed by atoms with Crippen molar-refractivity contribution in [3.05, 3.63) is 88.9 Å². The van der Waals surface area contributed by atoms with Gasteiger partial charge in [-0.15, -0.1) is 11.8 Å². The number of hydrazine groups is 1. The van der Waals surface area contributed by atoms with Crippen molar-refractivity contribution in [1.29, 1.82) is 0 Å². The predicted octanol–water partition coefficient (Wildman–Crippen LogP) is 5.66. The molecule has 5 rings (SSSR count). The first-order valence-electron chi connectivity index (χ1n) is 9.10. The number of carbonyl (C=O) groups is 1. The molecule has 1 amide bonds. The molecule has 0 aliphatic carbocycles. The maximum atomic E-state index is 12.7. The van der Waals surface area contributed by atoms with E-state index < -0.39 is 0 Å². The molecule has 4 nitrogen and oxygen atoms in total. The molecule has 2 heterocycles. The molecule has 2 aliphatic rings. The summed E-state index contributed by atoms with van der Waals surface area (Å²) in [6, 6.07) is 23.8. The van der Waals surface area contributed by atoms with Gasteiger partial charge in [-0.1, -0.05) is 65.8 Å². The maximum Gasteiger partial charge on any atom is 0.252 e. The van der Waals surface area contributed by atoms with Crippen LogP contribution in [0.1, 0.15) is 16.5 Å². The number of hydrogen-bond donors (Lipinski definition) is 1. The summed E-state index contributed by atoms with van der Waals surface area (Å²) in [5.41, 5.74) is 6.23. The summed E-state index contributed by atoms with van der Waals surface area (Å²) < 4.78 is 0. The molecule has 0 radical (unpaired) electrons. The molecule has 144 valence electrons. The van der Waals surface area contributed by atoms with Crippen LogP contribution in [-0.2, 0) is 4.79 Å². The topological polar surface area (TPSA) is 44.7 Å². The van der Waals surface area contributed by atoms with Gasteiger partial charge in [-0.3, -0.25) is 10.2 Å². The lowest BCUT2D eigenvalue weighted by molar-refractivity contribution is -0.129. The molecule has 1 saturated heterocycles. The third-order valence-corrected chi connectivity index (χ3v) is 7.31. The summed E-state index contributed by atoms with van der Waals surface area (Å²) >= 11 is 9.31. The summed E-state index contributed by atoms with van der Waals surface area (Å²) in [6.07, 6.45) is 0. The average molecular weight is 438 g/mol. The van der Waals surface area contributed by atoms with Gasteiger partial charge in [-0.05, 0) is 35.9 Å². The number of amides is 1. The van der Waals surface area contributed by atoms with Crippen LogP contribution in [0.4, 0.5) is 5.69 Å². The lowest BCUT2D eigenvalue weighted by atomic mass is 10.2. The SMILES string of the molecule is O=C1CSC(c2ccc(Cl)cc2)N1NC1=Nc2ccccc2Sc2ccccc21. The number of rotatable bonds is 2. The van der Waals surface area contributed by atoms with Gasteiger partial charge in [0.2, 0.25) is 0 Å². The van der Waals surface area contributed by atoms with E-state index in [-0.39, 0.29) is 11.3 Å². The number of hydrogen-bond acceptors (Lipinski definition) is 5. The van der Waals surface area contributed by atoms with Crippen molar-refractivity contribution >= 4 is 52.6 Å². The summed E-state index contributed by atoms with van der Waals surface area (Å²) in [7, 11) is 0. The first-order chi connectivity index (χ1) is 14.2. The van der Waals surface area contributed by atoms with Gasteiger partial charge in [-0.25, -0.2) is 10.0 Å². The zero-order valence-corrected chi connectivity index (χ0v) is 17.6. The second-order valence-corrected chi connectivity index (χ2v) is 9.21. The lowest BCUT2D eigenvalue weighted by Gasteiger charge is -2.26. The van der Waals surface area contributed by atoms with Gasteiger partial charge in [0.15, 0.2) is 5.84 Å². The number of benzene rings is 3. The lowest BCUT2D eigenvalue weighted by Crippen LogP contribution is -2.45. The van der Waals surface area contributed by atoms with Crippen molar-refractivity contribution in [2.45, 2.75) is 15.2 Å². The van der Waals surface area contributed by atoms with Crippen molar-refractivity contribution in [3.63, 3.8) is 0 Å². The molecule has 1 N–H and O–H groups in total. The van der Waals surface area contributed by atoms with Crippen LogP contribution >= 0.6 is 35.1 Å². The smallest absolute Gasteiger partial charge is 0.252 e. The molecule has 1 unspecified atom stereocenters. The standard InChI is InChI=1S/C22H16ClN3OS2/c23-15-11-9-14(10-12-15)22-26(20(27)13-28-22)25-21-16-5-1-3-7-18(16)29-19-8-4-2-6-17(19)24-21/h1-12,22H,13H2,(H,24,25). The molecule has 0 aromatic heterocycles. The van der Waals surface area contributed by atoms with E-state index in [9.17, 15) is 4.79 Å². The Kier molecular flexibility index (Phi) is 4.99. The Balaban J connectivity index is 1.54. The van der Waals surface area contributed by atoms with Crippen LogP contribution in [0.5, 0.6) is 0 Å². The van der Waals surface area contributed by atoms with Gasteiger partial charge < -0.3 is 0 Å². The largest absolute Gasteiger partial charge is 0.277 e. The van der Waals surface area contributed by atoms with Gasteiger partial charge in [0.1, 0.15) is 5.37 Å². The van der Waals surface area contributed by atoms with E-state index >= 15 is 0 Å². The van der Waals surface area contributed by atoms with Gasteiger partial charge in [0.25, 0.3) is 5.91 Å². The fraction of sp³-hybridized carbons (Fsp3) is 0.0909. The van der Waals surface area contributed by atoms with Crippen LogP contribution in [0.25, 0.3) is 0 Å². The fourth-order valence-electron chi connectivity index (χ4n) is 3.30. The Morgan fingerprint density at radius 3 is 2.52 bits per heavy atom. The zero-order valence-electron chi connectivity index (χ0n) is 15.2. The highest BCUT2D eigenvalue weighted by Crippen LogP contribution is 2.41. The van der Waals surface area contributed by atoms with Crippen LogP contribution in [0.3, 0.4) is 0 Å². The molecular weight excluding hydrogens is 422 g/mol. The molecule has 1 atom stereocenters.